The van der Waals surface area contributed by atoms with Crippen LogP contribution in [0.5, 0.6) is 0 Å². The van der Waals surface area contributed by atoms with E-state index in [1.165, 1.54) is 12.3 Å². The van der Waals surface area contributed by atoms with E-state index in [9.17, 15) is 14.4 Å². The van der Waals surface area contributed by atoms with Crippen molar-refractivity contribution in [3.8, 4) is 34.0 Å². The van der Waals surface area contributed by atoms with E-state index in [0.29, 0.717) is 34.9 Å². The monoisotopic (exact) mass is 565 g/mol. The summed E-state index contributed by atoms with van der Waals surface area (Å²) in [6.07, 6.45) is 0.644. The quantitative estimate of drug-likeness (QED) is 0.100. The standard InChI is InChI=1S/C28H28ClN5O6/c1-4-5-11-38-28(37)39-27(36)33-26-25(22-13-20(34-40-22)18-8-6-7-17(12-18)14-29)31-21(15-30-26)19-9-10-23(35)32-24(19)16(2)3/h6-10,12-13,15-16H,4-5,11,14H2,1-3H3,(H,32,35)(H,30,33,36). The van der Waals surface area contributed by atoms with Gasteiger partial charge >= 0.3 is 12.2 Å². The van der Waals surface area contributed by atoms with Crippen molar-refractivity contribution in [3.63, 3.8) is 0 Å². The summed E-state index contributed by atoms with van der Waals surface area (Å²) in [6, 6.07) is 12.2. The van der Waals surface area contributed by atoms with Gasteiger partial charge in [-0.25, -0.2) is 19.6 Å². The van der Waals surface area contributed by atoms with Gasteiger partial charge in [-0.1, -0.05) is 50.5 Å². The summed E-state index contributed by atoms with van der Waals surface area (Å²) < 4.78 is 15.2. The van der Waals surface area contributed by atoms with Crippen molar-refractivity contribution in [1.82, 2.24) is 20.1 Å². The molecule has 0 saturated heterocycles. The maximum absolute atomic E-state index is 12.5. The first-order valence-electron chi connectivity index (χ1n) is 12.7. The number of nitrogens with zero attached hydrogens (tertiary/aromatic N) is 3. The molecule has 0 bridgehead atoms. The molecule has 3 aromatic heterocycles. The lowest BCUT2D eigenvalue weighted by atomic mass is 10.0. The van der Waals surface area contributed by atoms with Gasteiger partial charge in [-0.2, -0.15) is 0 Å². The minimum Gasteiger partial charge on any atom is -0.434 e. The number of benzene rings is 1. The zero-order valence-electron chi connectivity index (χ0n) is 22.2. The van der Waals surface area contributed by atoms with Crippen molar-refractivity contribution in [2.24, 2.45) is 0 Å². The molecule has 0 radical (unpaired) electrons. The van der Waals surface area contributed by atoms with Gasteiger partial charge < -0.3 is 19.0 Å². The van der Waals surface area contributed by atoms with E-state index in [0.717, 1.165) is 17.5 Å². The van der Waals surface area contributed by atoms with Crippen molar-refractivity contribution in [2.75, 3.05) is 11.9 Å². The molecular weight excluding hydrogens is 538 g/mol. The summed E-state index contributed by atoms with van der Waals surface area (Å²) in [5.41, 5.74) is 3.78. The number of nitrogens with one attached hydrogen (secondary N) is 2. The van der Waals surface area contributed by atoms with Gasteiger partial charge in [0.25, 0.3) is 0 Å². The Morgan fingerprint density at radius 1 is 1.15 bits per heavy atom. The molecule has 0 fully saturated rings. The van der Waals surface area contributed by atoms with E-state index in [1.807, 2.05) is 45.0 Å². The number of halogens is 1. The Hall–Kier alpha value is -4.51. The predicted octanol–water partition coefficient (Wildman–Crippen LogP) is 6.50. The van der Waals surface area contributed by atoms with E-state index >= 15 is 0 Å². The van der Waals surface area contributed by atoms with Gasteiger partial charge in [-0.15, -0.1) is 11.6 Å². The minimum atomic E-state index is -1.13. The van der Waals surface area contributed by atoms with Gasteiger partial charge in [0, 0.05) is 34.8 Å². The number of rotatable bonds is 9. The molecule has 0 atom stereocenters. The van der Waals surface area contributed by atoms with E-state index in [2.05, 4.69) is 20.4 Å². The molecule has 12 heteroatoms. The molecule has 0 aliphatic rings. The Morgan fingerprint density at radius 2 is 1.98 bits per heavy atom. The Bertz CT molecular complexity index is 1560. The molecule has 0 unspecified atom stereocenters. The van der Waals surface area contributed by atoms with Crippen LogP contribution >= 0.6 is 11.6 Å². The zero-order valence-corrected chi connectivity index (χ0v) is 22.9. The molecule has 4 rings (SSSR count). The van der Waals surface area contributed by atoms with Crippen LogP contribution in [0.4, 0.5) is 15.4 Å². The van der Waals surface area contributed by atoms with Crippen molar-refractivity contribution in [1.29, 1.82) is 0 Å². The average molecular weight is 566 g/mol. The summed E-state index contributed by atoms with van der Waals surface area (Å²) in [5, 5.41) is 6.58. The molecule has 0 spiro atoms. The summed E-state index contributed by atoms with van der Waals surface area (Å²) in [7, 11) is 0. The first-order valence-corrected chi connectivity index (χ1v) is 13.2. The third kappa shape index (κ3) is 6.92. The summed E-state index contributed by atoms with van der Waals surface area (Å²) in [4.78, 5) is 48.2. The molecule has 40 heavy (non-hydrogen) atoms. The van der Waals surface area contributed by atoms with Crippen LogP contribution in [0, 0.1) is 0 Å². The molecule has 0 aliphatic heterocycles. The maximum atomic E-state index is 12.5. The van der Waals surface area contributed by atoms with Crippen LogP contribution in [-0.4, -0.2) is 39.0 Å². The van der Waals surface area contributed by atoms with Gasteiger partial charge in [0.1, 0.15) is 5.69 Å². The number of aromatic amines is 1. The molecule has 0 saturated carbocycles. The highest BCUT2D eigenvalue weighted by Gasteiger charge is 2.22. The van der Waals surface area contributed by atoms with Crippen molar-refractivity contribution < 1.29 is 23.6 Å². The van der Waals surface area contributed by atoms with E-state index in [4.69, 9.17) is 30.6 Å². The second-order valence-electron chi connectivity index (χ2n) is 9.13. The largest absolute Gasteiger partial charge is 0.517 e. The topological polar surface area (TPSA) is 149 Å². The van der Waals surface area contributed by atoms with Gasteiger partial charge in [0.15, 0.2) is 17.3 Å². The SMILES string of the molecule is CCCCOC(=O)OC(=O)Nc1ncc(-c2ccc(=O)[nH]c2C(C)C)nc1-c1cc(-c2cccc(CCl)c2)no1. The van der Waals surface area contributed by atoms with E-state index in [1.54, 1.807) is 12.1 Å². The van der Waals surface area contributed by atoms with Gasteiger partial charge in [0.2, 0.25) is 5.56 Å². The molecular formula is C28H28ClN5O6. The lowest BCUT2D eigenvalue weighted by molar-refractivity contribution is 0.0786. The number of H-pyrrole nitrogens is 1. The maximum Gasteiger partial charge on any atom is 0.517 e. The Morgan fingerprint density at radius 3 is 2.73 bits per heavy atom. The number of aromatic nitrogens is 4. The first-order chi connectivity index (χ1) is 19.3. The number of amides is 1. The predicted molar refractivity (Wildman–Crippen MR) is 149 cm³/mol. The van der Waals surface area contributed by atoms with Crippen molar-refractivity contribution in [2.45, 2.75) is 45.4 Å². The number of pyridine rings is 1. The highest BCUT2D eigenvalue weighted by atomic mass is 35.5. The molecule has 2 N–H and O–H groups in total. The number of anilines is 1. The fourth-order valence-corrected chi connectivity index (χ4v) is 3.98. The molecule has 11 nitrogen and oxygen atoms in total. The molecule has 1 amide bonds. The molecule has 1 aromatic carbocycles. The molecule has 3 heterocycles. The van der Waals surface area contributed by atoms with Crippen LogP contribution in [0.1, 0.15) is 50.8 Å². The van der Waals surface area contributed by atoms with Crippen molar-refractivity contribution >= 4 is 29.7 Å². The second kappa shape index (κ2) is 13.0. The summed E-state index contributed by atoms with van der Waals surface area (Å²) >= 11 is 5.98. The second-order valence-corrected chi connectivity index (χ2v) is 9.40. The van der Waals surface area contributed by atoms with Crippen LogP contribution in [0.25, 0.3) is 34.0 Å². The lowest BCUT2D eigenvalue weighted by Gasteiger charge is -2.13. The fourth-order valence-electron chi connectivity index (χ4n) is 3.82. The Kier molecular flexibility index (Phi) is 9.28. The van der Waals surface area contributed by atoms with Crippen LogP contribution in [0.3, 0.4) is 0 Å². The van der Waals surface area contributed by atoms with Crippen LogP contribution < -0.4 is 10.9 Å². The zero-order chi connectivity index (χ0) is 28.6. The highest BCUT2D eigenvalue weighted by molar-refractivity contribution is 6.17. The van der Waals surface area contributed by atoms with Crippen LogP contribution in [0.2, 0.25) is 0 Å². The number of hydrogen-bond donors (Lipinski definition) is 2. The summed E-state index contributed by atoms with van der Waals surface area (Å²) in [6.45, 7) is 5.94. The number of alkyl halides is 1. The van der Waals surface area contributed by atoms with Gasteiger partial charge in [-0.3, -0.25) is 10.1 Å². The van der Waals surface area contributed by atoms with Gasteiger partial charge in [-0.05, 0) is 30.0 Å². The van der Waals surface area contributed by atoms with Crippen LogP contribution in [0.15, 0.2) is 58.0 Å². The smallest absolute Gasteiger partial charge is 0.434 e. The fraction of sp³-hybridized carbons (Fsp3) is 0.286. The number of ether oxygens (including phenoxy) is 2. The highest BCUT2D eigenvalue weighted by Crippen LogP contribution is 2.33. The molecule has 0 aliphatic carbocycles. The third-order valence-corrected chi connectivity index (χ3v) is 6.12. The molecule has 4 aromatic rings. The van der Waals surface area contributed by atoms with Gasteiger partial charge in [0.05, 0.1) is 18.5 Å². The average Bonchev–Trinajstić information content (AvgIpc) is 3.43. The van der Waals surface area contributed by atoms with Crippen LogP contribution in [-0.2, 0) is 15.4 Å². The summed E-state index contributed by atoms with van der Waals surface area (Å²) in [5.74, 6) is 0.465. The van der Waals surface area contributed by atoms with Crippen molar-refractivity contribution in [3.05, 3.63) is 70.3 Å². The Labute approximate surface area is 234 Å². The Balaban J connectivity index is 1.72. The number of carbonyl (C=O) groups excluding carboxylic acids is 2. The number of unbranched alkanes of at least 4 members (excludes halogenated alkanes) is 1. The number of carbonyl (C=O) groups is 2. The normalized spacial score (nSPS) is 10.9. The number of hydrogen-bond acceptors (Lipinski definition) is 9. The minimum absolute atomic E-state index is 0.0215. The lowest BCUT2D eigenvalue weighted by Crippen LogP contribution is -2.21. The molecule has 208 valence electrons. The first kappa shape index (κ1) is 28.5. The van der Waals surface area contributed by atoms with E-state index in [-0.39, 0.29) is 35.4 Å². The third-order valence-electron chi connectivity index (χ3n) is 5.81. The van der Waals surface area contributed by atoms with E-state index < -0.39 is 12.2 Å².